The minimum atomic E-state index is -0.843. The number of ether oxygens (including phenoxy) is 1. The van der Waals surface area contributed by atoms with Gasteiger partial charge in [0, 0.05) is 12.8 Å². The fraction of sp³-hybridized carbons (Fsp3) is 0.925. The zero-order valence-corrected chi connectivity index (χ0v) is 58.6. The van der Waals surface area contributed by atoms with E-state index in [1.165, 1.54) is 385 Å². The van der Waals surface area contributed by atoms with Gasteiger partial charge in [-0.15, -0.1) is 0 Å². The standard InChI is InChI=1S/C80H155NO5/c1-3-5-7-9-11-13-15-17-19-20-21-35-38-41-45-48-52-56-60-64-68-72-78(83)77(76-82)81-79(84)73-69-65-61-57-53-49-46-42-39-36-33-31-29-27-25-23-22-24-26-28-30-32-34-37-40-43-47-51-55-59-63-67-71-75-86-80(85)74-70-66-62-58-54-50-44-18-16-14-12-10-8-6-4-2/h26,28,68,72,77-78,82-83H,3-25,27,29-67,69-71,73-76H2,1-2H3,(H,81,84)/b28-26-,72-68+. The average Bonchev–Trinajstić information content (AvgIpc) is 3.52. The minimum absolute atomic E-state index is 0.0223. The van der Waals surface area contributed by atoms with Crippen LogP contribution < -0.4 is 5.32 Å². The molecule has 3 N–H and O–H groups in total. The van der Waals surface area contributed by atoms with Crippen LogP contribution in [0.1, 0.15) is 450 Å². The summed E-state index contributed by atoms with van der Waals surface area (Å²) in [6.45, 7) is 4.96. The van der Waals surface area contributed by atoms with Crippen molar-refractivity contribution in [3.8, 4) is 0 Å². The molecule has 6 nitrogen and oxygen atoms in total. The highest BCUT2D eigenvalue weighted by molar-refractivity contribution is 5.76. The van der Waals surface area contributed by atoms with Crippen LogP contribution in [0.4, 0.5) is 0 Å². The van der Waals surface area contributed by atoms with Crippen molar-refractivity contribution in [1.82, 2.24) is 5.32 Å². The molecule has 0 fully saturated rings. The largest absolute Gasteiger partial charge is 0.466 e. The third kappa shape index (κ3) is 71.4. The van der Waals surface area contributed by atoms with Crippen molar-refractivity contribution >= 4 is 11.9 Å². The van der Waals surface area contributed by atoms with Gasteiger partial charge in [-0.05, 0) is 57.8 Å². The normalized spacial score (nSPS) is 12.6. The summed E-state index contributed by atoms with van der Waals surface area (Å²) in [5.74, 6) is -0.0377. The fourth-order valence-electron chi connectivity index (χ4n) is 12.7. The van der Waals surface area contributed by atoms with Gasteiger partial charge >= 0.3 is 5.97 Å². The van der Waals surface area contributed by atoms with Crippen LogP contribution in [0.25, 0.3) is 0 Å². The highest BCUT2D eigenvalue weighted by Gasteiger charge is 2.18. The first-order valence-corrected chi connectivity index (χ1v) is 39.6. The zero-order valence-electron chi connectivity index (χ0n) is 58.6. The summed E-state index contributed by atoms with van der Waals surface area (Å²) < 4.78 is 5.50. The maximum Gasteiger partial charge on any atom is 0.305 e. The molecular formula is C80H155NO5. The van der Waals surface area contributed by atoms with Crippen molar-refractivity contribution < 1.29 is 24.5 Å². The summed E-state index contributed by atoms with van der Waals surface area (Å²) in [4.78, 5) is 24.6. The van der Waals surface area contributed by atoms with E-state index in [0.717, 1.165) is 38.5 Å². The number of amides is 1. The maximum absolute atomic E-state index is 12.5. The Bertz CT molecular complexity index is 1350. The van der Waals surface area contributed by atoms with E-state index in [1.807, 2.05) is 6.08 Å². The molecule has 0 aliphatic heterocycles. The number of carbonyl (C=O) groups is 2. The Kier molecular flexibility index (Phi) is 74.3. The number of rotatable bonds is 75. The van der Waals surface area contributed by atoms with Crippen molar-refractivity contribution in [3.05, 3.63) is 24.3 Å². The fourth-order valence-corrected chi connectivity index (χ4v) is 12.7. The van der Waals surface area contributed by atoms with Crippen molar-refractivity contribution in [2.24, 2.45) is 0 Å². The van der Waals surface area contributed by atoms with Gasteiger partial charge in [0.25, 0.3) is 0 Å². The van der Waals surface area contributed by atoms with E-state index in [4.69, 9.17) is 4.74 Å². The van der Waals surface area contributed by atoms with Crippen LogP contribution in [-0.2, 0) is 14.3 Å². The Labute approximate surface area is 539 Å². The highest BCUT2D eigenvalue weighted by Crippen LogP contribution is 2.20. The van der Waals surface area contributed by atoms with Crippen LogP contribution in [0, 0.1) is 0 Å². The molecule has 0 radical (unpaired) electrons. The summed E-state index contributed by atoms with van der Waals surface area (Å²) in [5.41, 5.74) is 0. The van der Waals surface area contributed by atoms with Gasteiger partial charge in [0.15, 0.2) is 0 Å². The van der Waals surface area contributed by atoms with E-state index >= 15 is 0 Å². The predicted molar refractivity (Wildman–Crippen MR) is 380 cm³/mol. The summed E-state index contributed by atoms with van der Waals surface area (Å²) >= 11 is 0. The van der Waals surface area contributed by atoms with Gasteiger partial charge in [0.1, 0.15) is 0 Å². The molecule has 0 aromatic carbocycles. The Balaban J connectivity index is 3.36. The maximum atomic E-state index is 12.5. The molecule has 0 rings (SSSR count). The van der Waals surface area contributed by atoms with Crippen LogP contribution in [-0.4, -0.2) is 47.4 Å². The summed E-state index contributed by atoms with van der Waals surface area (Å²) in [7, 11) is 0. The van der Waals surface area contributed by atoms with Crippen molar-refractivity contribution in [1.29, 1.82) is 0 Å². The second-order valence-corrected chi connectivity index (χ2v) is 27.4. The average molecular weight is 1210 g/mol. The number of aliphatic hydroxyl groups is 2. The van der Waals surface area contributed by atoms with Crippen molar-refractivity contribution in [2.75, 3.05) is 13.2 Å². The molecule has 0 aliphatic carbocycles. The predicted octanol–water partition coefficient (Wildman–Crippen LogP) is 26.0. The summed E-state index contributed by atoms with van der Waals surface area (Å²) in [6, 6.07) is -0.626. The summed E-state index contributed by atoms with van der Waals surface area (Å²) in [5, 5.41) is 23.3. The highest BCUT2D eigenvalue weighted by atomic mass is 16.5. The lowest BCUT2D eigenvalue weighted by Gasteiger charge is -2.20. The van der Waals surface area contributed by atoms with Gasteiger partial charge in [-0.25, -0.2) is 0 Å². The Hall–Kier alpha value is -1.66. The van der Waals surface area contributed by atoms with E-state index in [-0.39, 0.29) is 18.5 Å². The van der Waals surface area contributed by atoms with Gasteiger partial charge in [0.05, 0.1) is 25.4 Å². The topological polar surface area (TPSA) is 95.9 Å². The lowest BCUT2D eigenvalue weighted by atomic mass is 10.0. The molecule has 510 valence electrons. The number of esters is 1. The molecule has 6 heteroatoms. The lowest BCUT2D eigenvalue weighted by Crippen LogP contribution is -2.45. The third-order valence-electron chi connectivity index (χ3n) is 18.7. The second-order valence-electron chi connectivity index (χ2n) is 27.4. The molecular weight excluding hydrogens is 1050 g/mol. The molecule has 0 saturated carbocycles. The van der Waals surface area contributed by atoms with Gasteiger partial charge in [-0.3, -0.25) is 9.59 Å². The van der Waals surface area contributed by atoms with Crippen LogP contribution in [0.2, 0.25) is 0 Å². The van der Waals surface area contributed by atoms with E-state index in [2.05, 4.69) is 31.3 Å². The van der Waals surface area contributed by atoms with Crippen LogP contribution >= 0.6 is 0 Å². The van der Waals surface area contributed by atoms with Gasteiger partial charge in [-0.1, -0.05) is 404 Å². The number of aliphatic hydroxyl groups excluding tert-OH is 2. The van der Waals surface area contributed by atoms with Crippen LogP contribution in [0.15, 0.2) is 24.3 Å². The quantitative estimate of drug-likeness (QED) is 0.0320. The zero-order chi connectivity index (χ0) is 62.0. The molecule has 1 amide bonds. The molecule has 0 aromatic rings. The van der Waals surface area contributed by atoms with Gasteiger partial charge in [0.2, 0.25) is 5.91 Å². The van der Waals surface area contributed by atoms with Gasteiger partial charge in [-0.2, -0.15) is 0 Å². The number of hydrogen-bond acceptors (Lipinski definition) is 5. The molecule has 2 atom stereocenters. The monoisotopic (exact) mass is 1210 g/mol. The number of carbonyl (C=O) groups excluding carboxylic acids is 2. The first kappa shape index (κ1) is 84.3. The van der Waals surface area contributed by atoms with Crippen molar-refractivity contribution in [2.45, 2.75) is 463 Å². The molecule has 0 spiro atoms. The Morgan fingerprint density at radius 2 is 0.547 bits per heavy atom. The molecule has 86 heavy (non-hydrogen) atoms. The number of unbranched alkanes of at least 4 members (excludes halogenated alkanes) is 62. The number of hydrogen-bond donors (Lipinski definition) is 3. The second kappa shape index (κ2) is 75.8. The third-order valence-corrected chi connectivity index (χ3v) is 18.7. The van der Waals surface area contributed by atoms with E-state index in [1.54, 1.807) is 6.08 Å². The minimum Gasteiger partial charge on any atom is -0.466 e. The number of nitrogens with one attached hydrogen (secondary N) is 1. The van der Waals surface area contributed by atoms with Crippen LogP contribution in [0.3, 0.4) is 0 Å². The van der Waals surface area contributed by atoms with Crippen LogP contribution in [0.5, 0.6) is 0 Å². The first-order valence-electron chi connectivity index (χ1n) is 39.6. The SMILES string of the molecule is CCCCCCCCCCCCCCCCCCCCC/C=C/C(O)C(CO)NC(=O)CCCCCCCCCCCCCCCCCCC/C=C\CCCCCCCCCCCCCCOC(=O)CCCCCCCCCCCCCCCCC. The Morgan fingerprint density at radius 1 is 0.314 bits per heavy atom. The molecule has 0 heterocycles. The number of allylic oxidation sites excluding steroid dienone is 3. The lowest BCUT2D eigenvalue weighted by molar-refractivity contribution is -0.143. The smallest absolute Gasteiger partial charge is 0.305 e. The van der Waals surface area contributed by atoms with Crippen molar-refractivity contribution in [3.63, 3.8) is 0 Å². The van der Waals surface area contributed by atoms with E-state index in [9.17, 15) is 19.8 Å². The summed E-state index contributed by atoms with van der Waals surface area (Å²) in [6.07, 6.45) is 97.3. The Morgan fingerprint density at radius 3 is 0.826 bits per heavy atom. The molecule has 0 aliphatic rings. The molecule has 0 saturated heterocycles. The van der Waals surface area contributed by atoms with Gasteiger partial charge < -0.3 is 20.3 Å². The van der Waals surface area contributed by atoms with E-state index < -0.39 is 12.1 Å². The van der Waals surface area contributed by atoms with E-state index in [0.29, 0.717) is 19.4 Å². The molecule has 2 unspecified atom stereocenters. The molecule has 0 aromatic heterocycles. The first-order chi connectivity index (χ1) is 42.5. The molecule has 0 bridgehead atoms.